The summed E-state index contributed by atoms with van der Waals surface area (Å²) in [4.78, 5) is 11.6. The van der Waals surface area contributed by atoms with Gasteiger partial charge in [0, 0.05) is 17.8 Å². The van der Waals surface area contributed by atoms with Gasteiger partial charge in [0.1, 0.15) is 11.6 Å². The molecule has 0 aliphatic rings. The van der Waals surface area contributed by atoms with Crippen molar-refractivity contribution in [1.29, 1.82) is 5.26 Å². The third-order valence-corrected chi connectivity index (χ3v) is 2.79. The average molecular weight is 332 g/mol. The minimum absolute atomic E-state index is 0.0666. The van der Waals surface area contributed by atoms with Crippen molar-refractivity contribution in [3.63, 3.8) is 0 Å². The topological polar surface area (TPSA) is 64.9 Å². The van der Waals surface area contributed by atoms with E-state index in [1.165, 1.54) is 6.07 Å². The summed E-state index contributed by atoms with van der Waals surface area (Å²) in [6.45, 7) is 2.20. The van der Waals surface area contributed by atoms with Gasteiger partial charge in [0.05, 0.1) is 11.3 Å². The lowest BCUT2D eigenvalue weighted by Crippen LogP contribution is -2.25. The highest BCUT2D eigenvalue weighted by Gasteiger charge is 2.33. The number of amides is 1. The minimum Gasteiger partial charge on any atom is -0.360 e. The Kier molecular flexibility index (Phi) is 6.25. The molecule has 118 valence electrons. The molecule has 0 saturated carbocycles. The Morgan fingerprint density at radius 3 is 2.68 bits per heavy atom. The second-order valence-electron chi connectivity index (χ2n) is 4.26. The third kappa shape index (κ3) is 4.97. The highest BCUT2D eigenvalue weighted by Crippen LogP contribution is 2.36. The van der Waals surface area contributed by atoms with Crippen LogP contribution in [0.15, 0.2) is 30.0 Å². The fourth-order valence-electron chi connectivity index (χ4n) is 1.51. The van der Waals surface area contributed by atoms with Crippen LogP contribution in [0.5, 0.6) is 0 Å². The molecule has 0 atom stereocenters. The van der Waals surface area contributed by atoms with Crippen molar-refractivity contribution in [3.05, 3.63) is 40.6 Å². The maximum absolute atomic E-state index is 12.9. The summed E-state index contributed by atoms with van der Waals surface area (Å²) in [7, 11) is 0. The Bertz CT molecular complexity index is 621. The lowest BCUT2D eigenvalue weighted by Gasteiger charge is -2.13. The number of carbonyl (C=O) groups excluding carboxylic acids is 1. The number of carbonyl (C=O) groups is 1. The van der Waals surface area contributed by atoms with Gasteiger partial charge < -0.3 is 10.6 Å². The summed E-state index contributed by atoms with van der Waals surface area (Å²) >= 11 is 5.56. The molecule has 22 heavy (non-hydrogen) atoms. The van der Waals surface area contributed by atoms with Gasteiger partial charge in [-0.15, -0.1) is 0 Å². The molecule has 0 bridgehead atoms. The van der Waals surface area contributed by atoms with Crippen molar-refractivity contribution in [1.82, 2.24) is 5.32 Å². The van der Waals surface area contributed by atoms with Gasteiger partial charge in [-0.2, -0.15) is 18.4 Å². The lowest BCUT2D eigenvalue weighted by atomic mass is 10.1. The van der Waals surface area contributed by atoms with Gasteiger partial charge in [-0.1, -0.05) is 18.5 Å². The van der Waals surface area contributed by atoms with Crippen molar-refractivity contribution >= 4 is 23.2 Å². The molecule has 1 amide bonds. The fraction of sp³-hybridized carbons (Fsp3) is 0.286. The van der Waals surface area contributed by atoms with Gasteiger partial charge in [0.15, 0.2) is 0 Å². The monoisotopic (exact) mass is 331 g/mol. The first kappa shape index (κ1) is 17.9. The maximum Gasteiger partial charge on any atom is 0.418 e. The highest BCUT2D eigenvalue weighted by atomic mass is 35.5. The molecule has 1 aromatic rings. The van der Waals surface area contributed by atoms with E-state index in [9.17, 15) is 18.0 Å². The summed E-state index contributed by atoms with van der Waals surface area (Å²) in [6.07, 6.45) is -3.00. The molecule has 0 spiro atoms. The van der Waals surface area contributed by atoms with Crippen molar-refractivity contribution < 1.29 is 18.0 Å². The van der Waals surface area contributed by atoms with E-state index in [0.717, 1.165) is 18.3 Å². The Morgan fingerprint density at radius 2 is 2.14 bits per heavy atom. The quantitative estimate of drug-likeness (QED) is 0.638. The van der Waals surface area contributed by atoms with E-state index in [0.29, 0.717) is 13.0 Å². The summed E-state index contributed by atoms with van der Waals surface area (Å²) < 4.78 is 38.7. The molecule has 0 radical (unpaired) electrons. The predicted octanol–water partition coefficient (Wildman–Crippen LogP) is 3.70. The van der Waals surface area contributed by atoms with E-state index < -0.39 is 17.6 Å². The van der Waals surface area contributed by atoms with E-state index in [1.54, 1.807) is 6.07 Å². The first-order chi connectivity index (χ1) is 10.3. The van der Waals surface area contributed by atoms with Crippen LogP contribution in [-0.4, -0.2) is 12.5 Å². The standard InChI is InChI=1S/C14H13ClF3N3O/c1-2-5-20-13(22)9(7-19)8-21-12-4-3-10(15)6-11(12)14(16,17)18/h3-4,6,8,21H,2,5H2,1H3,(H,20,22)/b9-8-. The van der Waals surface area contributed by atoms with Crippen LogP contribution in [0.4, 0.5) is 18.9 Å². The summed E-state index contributed by atoms with van der Waals surface area (Å²) in [6, 6.07) is 4.79. The molecule has 0 heterocycles. The lowest BCUT2D eigenvalue weighted by molar-refractivity contribution is -0.136. The van der Waals surface area contributed by atoms with E-state index in [2.05, 4.69) is 10.6 Å². The Morgan fingerprint density at radius 1 is 1.45 bits per heavy atom. The van der Waals surface area contributed by atoms with Crippen LogP contribution in [0.3, 0.4) is 0 Å². The van der Waals surface area contributed by atoms with Crippen molar-refractivity contribution in [2.45, 2.75) is 19.5 Å². The van der Waals surface area contributed by atoms with Gasteiger partial charge in [-0.3, -0.25) is 4.79 Å². The largest absolute Gasteiger partial charge is 0.418 e. The van der Waals surface area contributed by atoms with E-state index in [1.807, 2.05) is 6.92 Å². The number of hydrogen-bond donors (Lipinski definition) is 2. The molecule has 1 aromatic carbocycles. The zero-order valence-electron chi connectivity index (χ0n) is 11.6. The number of nitrogens with zero attached hydrogens (tertiary/aromatic N) is 1. The molecule has 4 nitrogen and oxygen atoms in total. The fourth-order valence-corrected chi connectivity index (χ4v) is 1.68. The molecule has 0 aliphatic heterocycles. The van der Waals surface area contributed by atoms with Crippen LogP contribution in [0, 0.1) is 11.3 Å². The number of hydrogen-bond acceptors (Lipinski definition) is 3. The highest BCUT2D eigenvalue weighted by molar-refractivity contribution is 6.30. The van der Waals surface area contributed by atoms with Crippen molar-refractivity contribution in [2.24, 2.45) is 0 Å². The second-order valence-corrected chi connectivity index (χ2v) is 4.69. The molecule has 0 fully saturated rings. The molecule has 0 aliphatic carbocycles. The predicted molar refractivity (Wildman–Crippen MR) is 77.1 cm³/mol. The molecule has 2 N–H and O–H groups in total. The first-order valence-electron chi connectivity index (χ1n) is 6.31. The number of nitrogens with one attached hydrogen (secondary N) is 2. The minimum atomic E-state index is -4.61. The molecule has 1 rings (SSSR count). The molecule has 0 saturated heterocycles. The normalized spacial score (nSPS) is 11.7. The number of nitriles is 1. The van der Waals surface area contributed by atoms with E-state index >= 15 is 0 Å². The van der Waals surface area contributed by atoms with E-state index in [-0.39, 0.29) is 16.3 Å². The average Bonchev–Trinajstić information content (AvgIpc) is 2.45. The Labute approximate surface area is 130 Å². The van der Waals surface area contributed by atoms with Gasteiger partial charge in [0.2, 0.25) is 0 Å². The van der Waals surface area contributed by atoms with Crippen molar-refractivity contribution in [3.8, 4) is 6.07 Å². The summed E-state index contributed by atoms with van der Waals surface area (Å²) in [5.41, 5.74) is -1.60. The van der Waals surface area contributed by atoms with Crippen LogP contribution in [0.1, 0.15) is 18.9 Å². The van der Waals surface area contributed by atoms with Gasteiger partial charge in [0.25, 0.3) is 5.91 Å². The zero-order valence-corrected chi connectivity index (χ0v) is 12.3. The van der Waals surface area contributed by atoms with Crippen LogP contribution < -0.4 is 10.6 Å². The zero-order chi connectivity index (χ0) is 16.8. The van der Waals surface area contributed by atoms with Crippen LogP contribution >= 0.6 is 11.6 Å². The Balaban J connectivity index is 3.02. The molecular formula is C14H13ClF3N3O. The molecule has 0 unspecified atom stereocenters. The SMILES string of the molecule is CCCNC(=O)/C(C#N)=C\Nc1ccc(Cl)cc1C(F)(F)F. The number of anilines is 1. The number of benzene rings is 1. The molecular weight excluding hydrogens is 319 g/mol. The molecule has 0 aromatic heterocycles. The number of halogens is 4. The van der Waals surface area contributed by atoms with Crippen LogP contribution in [-0.2, 0) is 11.0 Å². The van der Waals surface area contributed by atoms with Gasteiger partial charge in [-0.25, -0.2) is 0 Å². The van der Waals surface area contributed by atoms with Crippen molar-refractivity contribution in [2.75, 3.05) is 11.9 Å². The van der Waals surface area contributed by atoms with Gasteiger partial charge >= 0.3 is 6.18 Å². The third-order valence-electron chi connectivity index (χ3n) is 2.56. The van der Waals surface area contributed by atoms with Crippen LogP contribution in [0.2, 0.25) is 5.02 Å². The summed E-state index contributed by atoms with van der Waals surface area (Å²) in [5, 5.41) is 13.6. The first-order valence-corrected chi connectivity index (χ1v) is 6.69. The smallest absolute Gasteiger partial charge is 0.360 e. The van der Waals surface area contributed by atoms with Crippen LogP contribution in [0.25, 0.3) is 0 Å². The molecule has 8 heteroatoms. The van der Waals surface area contributed by atoms with E-state index in [4.69, 9.17) is 16.9 Å². The maximum atomic E-state index is 12.9. The summed E-state index contributed by atoms with van der Waals surface area (Å²) in [5.74, 6) is -0.653. The number of alkyl halides is 3. The number of rotatable bonds is 5. The van der Waals surface area contributed by atoms with Gasteiger partial charge in [-0.05, 0) is 24.6 Å². The Hall–Kier alpha value is -2.20. The second kappa shape index (κ2) is 7.71.